The minimum atomic E-state index is -0.0530. The van der Waals surface area contributed by atoms with Gasteiger partial charge in [0.05, 0.1) is 0 Å². The van der Waals surface area contributed by atoms with E-state index in [1.54, 1.807) is 0 Å². The van der Waals surface area contributed by atoms with Crippen LogP contribution in [0.1, 0.15) is 16.7 Å². The van der Waals surface area contributed by atoms with Crippen LogP contribution >= 0.6 is 23.2 Å². The van der Waals surface area contributed by atoms with Crippen LogP contribution in [0, 0.1) is 5.92 Å². The third-order valence-corrected chi connectivity index (χ3v) is 5.47. The second-order valence-electron chi connectivity index (χ2n) is 6.82. The van der Waals surface area contributed by atoms with Gasteiger partial charge in [-0.3, -0.25) is 0 Å². The zero-order valence-corrected chi connectivity index (χ0v) is 17.3. The van der Waals surface area contributed by atoms with Crippen LogP contribution in [-0.4, -0.2) is 0 Å². The number of hydrogen-bond acceptors (Lipinski definition) is 0. The molecule has 0 heterocycles. The molecule has 4 rings (SSSR count). The van der Waals surface area contributed by atoms with E-state index >= 15 is 0 Å². The lowest BCUT2D eigenvalue weighted by atomic mass is 9.78. The molecule has 3 aromatic carbocycles. The fourth-order valence-electron chi connectivity index (χ4n) is 3.76. The van der Waals surface area contributed by atoms with Gasteiger partial charge in [-0.1, -0.05) is 139 Å². The summed E-state index contributed by atoms with van der Waals surface area (Å²) >= 11 is 12.6. The van der Waals surface area contributed by atoms with Gasteiger partial charge in [-0.05, 0) is 33.4 Å². The summed E-state index contributed by atoms with van der Waals surface area (Å²) in [5.74, 6) is -0.0530. The summed E-state index contributed by atoms with van der Waals surface area (Å²) in [5, 5.41) is 0. The van der Waals surface area contributed by atoms with Crippen molar-refractivity contribution < 1.29 is 0 Å². The molecule has 0 fully saturated rings. The molecule has 0 nitrogen and oxygen atoms in total. The maximum absolute atomic E-state index is 6.32. The molecule has 3 aromatic rings. The Labute approximate surface area is 182 Å². The fraction of sp³-hybridized carbons (Fsp3) is 0.0370. The minimum Gasteiger partial charge on any atom is -0.0725 e. The van der Waals surface area contributed by atoms with Crippen LogP contribution in [0.4, 0.5) is 0 Å². The summed E-state index contributed by atoms with van der Waals surface area (Å²) in [5.41, 5.74) is 6.72. The molecular formula is C27H20Cl2. The summed E-state index contributed by atoms with van der Waals surface area (Å²) in [4.78, 5) is 0. The van der Waals surface area contributed by atoms with Gasteiger partial charge < -0.3 is 0 Å². The predicted octanol–water partition coefficient (Wildman–Crippen LogP) is 8.08. The molecule has 0 bridgehead atoms. The molecule has 29 heavy (non-hydrogen) atoms. The summed E-state index contributed by atoms with van der Waals surface area (Å²) in [6.07, 6.45) is 8.19. The minimum absolute atomic E-state index is 0.0530. The van der Waals surface area contributed by atoms with Gasteiger partial charge in [-0.2, -0.15) is 0 Å². The van der Waals surface area contributed by atoms with Gasteiger partial charge >= 0.3 is 0 Å². The van der Waals surface area contributed by atoms with Crippen molar-refractivity contribution in [3.63, 3.8) is 0 Å². The van der Waals surface area contributed by atoms with Crippen LogP contribution in [0.3, 0.4) is 0 Å². The highest BCUT2D eigenvalue weighted by molar-refractivity contribution is 6.56. The van der Waals surface area contributed by atoms with Crippen molar-refractivity contribution in [2.75, 3.05) is 0 Å². The molecule has 2 heteroatoms. The van der Waals surface area contributed by atoms with Crippen molar-refractivity contribution in [3.8, 4) is 0 Å². The molecule has 1 aliphatic carbocycles. The lowest BCUT2D eigenvalue weighted by Gasteiger charge is -2.26. The van der Waals surface area contributed by atoms with Crippen molar-refractivity contribution in [2.45, 2.75) is 0 Å². The second kappa shape index (κ2) is 9.13. The molecule has 1 aliphatic rings. The Balaban J connectivity index is 2.09. The Morgan fingerprint density at radius 3 is 1.55 bits per heavy atom. The maximum Gasteiger partial charge on any atom is 0.110 e. The smallest absolute Gasteiger partial charge is 0.0725 e. The summed E-state index contributed by atoms with van der Waals surface area (Å²) in [6.45, 7) is 0. The van der Waals surface area contributed by atoms with E-state index in [9.17, 15) is 0 Å². The van der Waals surface area contributed by atoms with E-state index in [4.69, 9.17) is 23.2 Å². The highest BCUT2D eigenvalue weighted by atomic mass is 35.5. The van der Waals surface area contributed by atoms with E-state index in [2.05, 4.69) is 84.9 Å². The summed E-state index contributed by atoms with van der Waals surface area (Å²) < 4.78 is 0.296. The van der Waals surface area contributed by atoms with Crippen LogP contribution in [0.5, 0.6) is 0 Å². The van der Waals surface area contributed by atoms with Crippen molar-refractivity contribution in [2.24, 2.45) is 5.92 Å². The molecule has 142 valence electrons. The van der Waals surface area contributed by atoms with E-state index in [1.807, 2.05) is 30.4 Å². The zero-order valence-electron chi connectivity index (χ0n) is 15.8. The first-order valence-electron chi connectivity index (χ1n) is 9.56. The van der Waals surface area contributed by atoms with E-state index in [0.29, 0.717) is 4.49 Å². The first-order valence-corrected chi connectivity index (χ1v) is 10.3. The Bertz CT molecular complexity index is 1040. The predicted molar refractivity (Wildman–Crippen MR) is 126 cm³/mol. The number of rotatable bonds is 4. The van der Waals surface area contributed by atoms with Gasteiger partial charge in [0.1, 0.15) is 4.49 Å². The molecule has 1 atom stereocenters. The molecule has 0 spiro atoms. The molecule has 0 aliphatic heterocycles. The first kappa shape index (κ1) is 19.5. The van der Waals surface area contributed by atoms with E-state index in [1.165, 1.54) is 11.1 Å². The van der Waals surface area contributed by atoms with Crippen LogP contribution in [-0.2, 0) is 0 Å². The Kier molecular flexibility index (Phi) is 6.14. The second-order valence-corrected chi connectivity index (χ2v) is 7.77. The highest BCUT2D eigenvalue weighted by Crippen LogP contribution is 2.43. The largest absolute Gasteiger partial charge is 0.110 e. The number of benzene rings is 3. The van der Waals surface area contributed by atoms with Gasteiger partial charge in [-0.15, -0.1) is 0 Å². The number of halogens is 2. The molecule has 0 saturated heterocycles. The molecule has 0 aromatic heterocycles. The average Bonchev–Trinajstić information content (AvgIpc) is 2.79. The standard InChI is InChI=1S/C27H20Cl2/c28-27(29)24-19-11-10-18-23(24)26(22-16-8-3-9-17-22)25(20-12-4-1-5-13-20)21-14-6-2-7-15-21/h1-19,23H. The quantitative estimate of drug-likeness (QED) is 0.378. The molecule has 0 saturated carbocycles. The van der Waals surface area contributed by atoms with Crippen LogP contribution in [0.25, 0.3) is 11.1 Å². The zero-order chi connectivity index (χ0) is 20.1. The van der Waals surface area contributed by atoms with E-state index in [0.717, 1.165) is 22.3 Å². The normalized spacial score (nSPS) is 15.2. The lowest BCUT2D eigenvalue weighted by Crippen LogP contribution is -2.09. The third kappa shape index (κ3) is 4.29. The summed E-state index contributed by atoms with van der Waals surface area (Å²) in [6, 6.07) is 31.4. The monoisotopic (exact) mass is 414 g/mol. The SMILES string of the molecule is ClC(Cl)=C1C=CC=CC1C(=C(c1ccccc1)c1ccccc1)c1ccccc1. The van der Waals surface area contributed by atoms with Crippen LogP contribution in [0.2, 0.25) is 0 Å². The van der Waals surface area contributed by atoms with E-state index < -0.39 is 0 Å². The fourth-order valence-corrected chi connectivity index (χ4v) is 4.12. The van der Waals surface area contributed by atoms with Crippen LogP contribution < -0.4 is 0 Å². The number of allylic oxidation sites excluding steroid dienone is 6. The van der Waals surface area contributed by atoms with Gasteiger partial charge in [-0.25, -0.2) is 0 Å². The summed E-state index contributed by atoms with van der Waals surface area (Å²) in [7, 11) is 0. The van der Waals surface area contributed by atoms with Gasteiger partial charge in [0, 0.05) is 5.92 Å². The molecule has 0 amide bonds. The topological polar surface area (TPSA) is 0 Å². The Morgan fingerprint density at radius 1 is 0.586 bits per heavy atom. The Morgan fingerprint density at radius 2 is 1.07 bits per heavy atom. The van der Waals surface area contributed by atoms with Gasteiger partial charge in [0.25, 0.3) is 0 Å². The van der Waals surface area contributed by atoms with Crippen molar-refractivity contribution in [3.05, 3.63) is 142 Å². The average molecular weight is 415 g/mol. The molecule has 1 unspecified atom stereocenters. The van der Waals surface area contributed by atoms with Crippen molar-refractivity contribution in [1.29, 1.82) is 0 Å². The van der Waals surface area contributed by atoms with Gasteiger partial charge in [0.2, 0.25) is 0 Å². The van der Waals surface area contributed by atoms with Crippen molar-refractivity contribution >= 4 is 34.3 Å². The first-order chi connectivity index (χ1) is 14.3. The number of hydrogen-bond donors (Lipinski definition) is 0. The van der Waals surface area contributed by atoms with Crippen molar-refractivity contribution in [1.82, 2.24) is 0 Å². The van der Waals surface area contributed by atoms with Crippen LogP contribution in [0.15, 0.2) is 125 Å². The third-order valence-electron chi connectivity index (χ3n) is 5.03. The molecular weight excluding hydrogens is 395 g/mol. The maximum atomic E-state index is 6.32. The lowest BCUT2D eigenvalue weighted by molar-refractivity contribution is 1.02. The molecule has 0 N–H and O–H groups in total. The van der Waals surface area contributed by atoms with E-state index in [-0.39, 0.29) is 5.92 Å². The van der Waals surface area contributed by atoms with Gasteiger partial charge in [0.15, 0.2) is 0 Å². The highest BCUT2D eigenvalue weighted by Gasteiger charge is 2.25. The Hall–Kier alpha value is -2.80. The molecule has 0 radical (unpaired) electrons.